The molecule has 0 spiro atoms. The molecule has 1 rings (SSSR count). The third-order valence-corrected chi connectivity index (χ3v) is 2.16. The second-order valence-electron chi connectivity index (χ2n) is 2.51. The van der Waals surface area contributed by atoms with Crippen molar-refractivity contribution in [1.82, 2.24) is 0 Å². The summed E-state index contributed by atoms with van der Waals surface area (Å²) in [5.74, 6) is 0.265. The smallest absolute Gasteiger partial charge is 0.311 e. The zero-order valence-electron chi connectivity index (χ0n) is 7.27. The monoisotopic (exact) mass is 308 g/mol. The van der Waals surface area contributed by atoms with Crippen molar-refractivity contribution in [2.24, 2.45) is 5.73 Å². The molecule has 0 saturated heterocycles. The standard InChI is InChI=1S/C8H9IN2O3/c9-6-1-2-8(14-4-3-10)7(5-6)11(12)13/h1-2,5H,3-4,10H2. The summed E-state index contributed by atoms with van der Waals surface area (Å²) >= 11 is 2.01. The highest BCUT2D eigenvalue weighted by Gasteiger charge is 2.14. The lowest BCUT2D eigenvalue weighted by Crippen LogP contribution is -2.11. The number of hydrogen-bond donors (Lipinski definition) is 1. The van der Waals surface area contributed by atoms with Crippen LogP contribution in [0.2, 0.25) is 0 Å². The van der Waals surface area contributed by atoms with Crippen molar-refractivity contribution >= 4 is 28.3 Å². The maximum absolute atomic E-state index is 10.6. The predicted molar refractivity (Wildman–Crippen MR) is 60.4 cm³/mol. The number of hydrogen-bond acceptors (Lipinski definition) is 4. The van der Waals surface area contributed by atoms with Crippen molar-refractivity contribution < 1.29 is 9.66 Å². The van der Waals surface area contributed by atoms with E-state index in [0.717, 1.165) is 3.57 Å². The number of nitro groups is 1. The van der Waals surface area contributed by atoms with Gasteiger partial charge in [-0.2, -0.15) is 0 Å². The van der Waals surface area contributed by atoms with Crippen LogP contribution in [0.1, 0.15) is 0 Å². The minimum atomic E-state index is -0.464. The third kappa shape index (κ3) is 2.81. The molecule has 0 aliphatic heterocycles. The van der Waals surface area contributed by atoms with Crippen LogP contribution in [0.15, 0.2) is 18.2 Å². The molecule has 0 aliphatic carbocycles. The van der Waals surface area contributed by atoms with Crippen LogP contribution in [-0.2, 0) is 0 Å². The second-order valence-corrected chi connectivity index (χ2v) is 3.75. The molecule has 0 unspecified atom stereocenters. The highest BCUT2D eigenvalue weighted by Crippen LogP contribution is 2.28. The average Bonchev–Trinajstić information content (AvgIpc) is 2.15. The molecule has 0 amide bonds. The minimum Gasteiger partial charge on any atom is -0.485 e. The minimum absolute atomic E-state index is 0.0228. The van der Waals surface area contributed by atoms with Crippen molar-refractivity contribution in [2.45, 2.75) is 0 Å². The van der Waals surface area contributed by atoms with Crippen LogP contribution in [0.5, 0.6) is 5.75 Å². The maximum Gasteiger partial charge on any atom is 0.311 e. The largest absolute Gasteiger partial charge is 0.485 e. The van der Waals surface area contributed by atoms with E-state index in [4.69, 9.17) is 10.5 Å². The van der Waals surface area contributed by atoms with Gasteiger partial charge in [0.05, 0.1) is 4.92 Å². The summed E-state index contributed by atoms with van der Waals surface area (Å²) in [6.07, 6.45) is 0. The van der Waals surface area contributed by atoms with Crippen LogP contribution in [-0.4, -0.2) is 18.1 Å². The van der Waals surface area contributed by atoms with E-state index in [2.05, 4.69) is 0 Å². The Morgan fingerprint density at radius 1 is 1.57 bits per heavy atom. The number of rotatable bonds is 4. The predicted octanol–water partition coefficient (Wildman–Crippen LogP) is 1.54. The third-order valence-electron chi connectivity index (χ3n) is 1.49. The van der Waals surface area contributed by atoms with Gasteiger partial charge in [0, 0.05) is 16.2 Å². The van der Waals surface area contributed by atoms with Crippen molar-refractivity contribution in [2.75, 3.05) is 13.2 Å². The molecule has 0 radical (unpaired) electrons. The van der Waals surface area contributed by atoms with E-state index in [0.29, 0.717) is 6.54 Å². The van der Waals surface area contributed by atoms with E-state index in [9.17, 15) is 10.1 Å². The zero-order chi connectivity index (χ0) is 10.6. The Morgan fingerprint density at radius 3 is 2.86 bits per heavy atom. The number of benzene rings is 1. The van der Waals surface area contributed by atoms with Gasteiger partial charge in [-0.25, -0.2) is 0 Å². The summed E-state index contributed by atoms with van der Waals surface area (Å²) in [5, 5.41) is 10.6. The van der Waals surface area contributed by atoms with Gasteiger partial charge >= 0.3 is 5.69 Å². The summed E-state index contributed by atoms with van der Waals surface area (Å²) in [4.78, 5) is 10.2. The molecule has 76 valence electrons. The molecular weight excluding hydrogens is 299 g/mol. The lowest BCUT2D eigenvalue weighted by molar-refractivity contribution is -0.385. The van der Waals surface area contributed by atoms with Crippen molar-refractivity contribution in [3.63, 3.8) is 0 Å². The first-order valence-electron chi connectivity index (χ1n) is 3.92. The van der Waals surface area contributed by atoms with Crippen LogP contribution in [0.3, 0.4) is 0 Å². The highest BCUT2D eigenvalue weighted by atomic mass is 127. The van der Waals surface area contributed by atoms with Crippen LogP contribution in [0.25, 0.3) is 0 Å². The van der Waals surface area contributed by atoms with E-state index in [1.165, 1.54) is 6.07 Å². The maximum atomic E-state index is 10.6. The first kappa shape index (κ1) is 11.2. The summed E-state index contributed by atoms with van der Waals surface area (Å²) in [7, 11) is 0. The van der Waals surface area contributed by atoms with Crippen LogP contribution in [0.4, 0.5) is 5.69 Å². The molecular formula is C8H9IN2O3. The molecule has 0 aromatic heterocycles. The fraction of sp³-hybridized carbons (Fsp3) is 0.250. The van der Waals surface area contributed by atoms with Crippen LogP contribution >= 0.6 is 22.6 Å². The van der Waals surface area contributed by atoms with E-state index >= 15 is 0 Å². The molecule has 1 aromatic rings. The molecule has 0 atom stereocenters. The van der Waals surface area contributed by atoms with Gasteiger partial charge in [-0.3, -0.25) is 10.1 Å². The fourth-order valence-electron chi connectivity index (χ4n) is 0.924. The Kier molecular flexibility index (Phi) is 4.08. The molecule has 0 fully saturated rings. The van der Waals surface area contributed by atoms with E-state index in [1.807, 2.05) is 22.6 Å². The molecule has 0 saturated carbocycles. The number of nitro benzene ring substituents is 1. The first-order chi connectivity index (χ1) is 6.65. The Hall–Kier alpha value is -0.890. The topological polar surface area (TPSA) is 78.4 Å². The molecule has 0 aliphatic rings. The lowest BCUT2D eigenvalue weighted by atomic mass is 10.3. The van der Waals surface area contributed by atoms with Gasteiger partial charge in [-0.1, -0.05) is 0 Å². The summed E-state index contributed by atoms with van der Waals surface area (Å²) < 4.78 is 5.93. The Balaban J connectivity index is 2.96. The van der Waals surface area contributed by atoms with Crippen molar-refractivity contribution in [3.05, 3.63) is 31.9 Å². The van der Waals surface area contributed by atoms with Crippen molar-refractivity contribution in [1.29, 1.82) is 0 Å². The molecule has 0 heterocycles. The molecule has 14 heavy (non-hydrogen) atoms. The zero-order valence-corrected chi connectivity index (χ0v) is 9.43. The normalized spacial score (nSPS) is 9.86. The quantitative estimate of drug-likeness (QED) is 0.520. The second kappa shape index (κ2) is 5.11. The number of halogens is 1. The van der Waals surface area contributed by atoms with Gasteiger partial charge < -0.3 is 10.5 Å². The number of nitrogens with zero attached hydrogens (tertiary/aromatic N) is 1. The SMILES string of the molecule is NCCOc1ccc(I)cc1[N+](=O)[O-]. The summed E-state index contributed by atoms with van der Waals surface area (Å²) in [5.41, 5.74) is 5.21. The molecule has 0 bridgehead atoms. The van der Waals surface area contributed by atoms with Crippen molar-refractivity contribution in [3.8, 4) is 5.75 Å². The number of ether oxygens (including phenoxy) is 1. The average molecular weight is 308 g/mol. The van der Waals surface area contributed by atoms with Gasteiger partial charge in [-0.05, 0) is 34.7 Å². The molecule has 1 aromatic carbocycles. The Bertz CT molecular complexity index is 343. The highest BCUT2D eigenvalue weighted by molar-refractivity contribution is 14.1. The number of nitrogens with two attached hydrogens (primary N) is 1. The molecule has 2 N–H and O–H groups in total. The Labute approximate surface area is 94.5 Å². The first-order valence-corrected chi connectivity index (χ1v) is 5.00. The lowest BCUT2D eigenvalue weighted by Gasteiger charge is -2.04. The van der Waals surface area contributed by atoms with Crippen LogP contribution in [0, 0.1) is 13.7 Å². The van der Waals surface area contributed by atoms with Gasteiger partial charge in [0.25, 0.3) is 0 Å². The van der Waals surface area contributed by atoms with Gasteiger partial charge in [0.2, 0.25) is 0 Å². The van der Waals surface area contributed by atoms with E-state index in [-0.39, 0.29) is 18.0 Å². The molecule has 6 heteroatoms. The van der Waals surface area contributed by atoms with Crippen LogP contribution < -0.4 is 10.5 Å². The summed E-state index contributed by atoms with van der Waals surface area (Å²) in [6.45, 7) is 0.616. The van der Waals surface area contributed by atoms with Gasteiger partial charge in [-0.15, -0.1) is 0 Å². The molecule has 5 nitrogen and oxygen atoms in total. The summed E-state index contributed by atoms with van der Waals surface area (Å²) in [6, 6.07) is 4.79. The van der Waals surface area contributed by atoms with E-state index < -0.39 is 4.92 Å². The van der Waals surface area contributed by atoms with Gasteiger partial charge in [0.15, 0.2) is 5.75 Å². The fourth-order valence-corrected chi connectivity index (χ4v) is 1.40. The Morgan fingerprint density at radius 2 is 2.29 bits per heavy atom. The van der Waals surface area contributed by atoms with Gasteiger partial charge in [0.1, 0.15) is 6.61 Å². The van der Waals surface area contributed by atoms with E-state index in [1.54, 1.807) is 12.1 Å².